The summed E-state index contributed by atoms with van der Waals surface area (Å²) >= 11 is 5.19. The van der Waals surface area contributed by atoms with E-state index in [2.05, 4.69) is 37.6 Å². The Morgan fingerprint density at radius 2 is 2.40 bits per heavy atom. The van der Waals surface area contributed by atoms with Crippen molar-refractivity contribution in [3.63, 3.8) is 0 Å². The highest BCUT2D eigenvalue weighted by atomic mass is 79.9. The topological polar surface area (TPSA) is 43.8 Å². The predicted octanol–water partition coefficient (Wildman–Crippen LogP) is 2.78. The van der Waals surface area contributed by atoms with E-state index >= 15 is 0 Å². The number of halogens is 1. The first-order valence-corrected chi connectivity index (χ1v) is 6.27. The molecule has 0 radical (unpaired) electrons. The molecule has 0 saturated carbocycles. The molecule has 1 atom stereocenters. The number of hydrogen-bond acceptors (Lipinski definition) is 3. The molecular formula is C10H12BrN3S. The molecule has 0 fully saturated rings. The Balaban J connectivity index is 2.20. The average molecular weight is 286 g/mol. The monoisotopic (exact) mass is 285 g/mol. The third-order valence-electron chi connectivity index (χ3n) is 2.17. The highest BCUT2D eigenvalue weighted by molar-refractivity contribution is 9.11. The summed E-state index contributed by atoms with van der Waals surface area (Å²) in [4.78, 5) is 5.42. The standard InChI is InChI=1S/C10H12BrN3S/c1-7(12)9-4-13-6-14(9)5-8-2-3-10(11)15-8/h2-4,6-7H,5,12H2,1H3. The van der Waals surface area contributed by atoms with Crippen LogP contribution in [-0.2, 0) is 6.54 Å². The fourth-order valence-corrected chi connectivity index (χ4v) is 2.93. The summed E-state index contributed by atoms with van der Waals surface area (Å²) in [5.74, 6) is 0. The first kappa shape index (κ1) is 10.9. The van der Waals surface area contributed by atoms with Gasteiger partial charge in [0.2, 0.25) is 0 Å². The van der Waals surface area contributed by atoms with E-state index in [1.54, 1.807) is 11.3 Å². The minimum atomic E-state index is 0.0240. The number of thiophene rings is 1. The summed E-state index contributed by atoms with van der Waals surface area (Å²) in [5.41, 5.74) is 6.92. The van der Waals surface area contributed by atoms with Gasteiger partial charge in [0, 0.05) is 17.1 Å². The van der Waals surface area contributed by atoms with Crippen LogP contribution in [0.25, 0.3) is 0 Å². The van der Waals surface area contributed by atoms with Crippen LogP contribution in [0, 0.1) is 0 Å². The molecule has 2 rings (SSSR count). The maximum absolute atomic E-state index is 5.85. The van der Waals surface area contributed by atoms with E-state index in [0.29, 0.717) is 0 Å². The fourth-order valence-electron chi connectivity index (χ4n) is 1.45. The van der Waals surface area contributed by atoms with Gasteiger partial charge in [-0.05, 0) is 35.0 Å². The molecule has 0 aliphatic rings. The summed E-state index contributed by atoms with van der Waals surface area (Å²) in [6, 6.07) is 4.19. The summed E-state index contributed by atoms with van der Waals surface area (Å²) in [5, 5.41) is 0. The van der Waals surface area contributed by atoms with Crippen LogP contribution in [0.15, 0.2) is 28.4 Å². The van der Waals surface area contributed by atoms with Crippen LogP contribution >= 0.6 is 27.3 Å². The molecule has 1 unspecified atom stereocenters. The zero-order valence-corrected chi connectivity index (χ0v) is 10.8. The van der Waals surface area contributed by atoms with Crippen LogP contribution < -0.4 is 5.73 Å². The van der Waals surface area contributed by atoms with Crippen LogP contribution in [0.2, 0.25) is 0 Å². The molecule has 2 aromatic heterocycles. The number of nitrogens with zero attached hydrogens (tertiary/aromatic N) is 2. The van der Waals surface area contributed by atoms with E-state index in [4.69, 9.17) is 5.73 Å². The summed E-state index contributed by atoms with van der Waals surface area (Å²) < 4.78 is 3.24. The first-order valence-electron chi connectivity index (χ1n) is 4.66. The lowest BCUT2D eigenvalue weighted by Gasteiger charge is -2.09. The highest BCUT2D eigenvalue weighted by Gasteiger charge is 2.07. The van der Waals surface area contributed by atoms with Crippen LogP contribution in [0.1, 0.15) is 23.5 Å². The van der Waals surface area contributed by atoms with Gasteiger partial charge in [-0.15, -0.1) is 11.3 Å². The SMILES string of the molecule is CC(N)c1cncn1Cc1ccc(Br)s1. The van der Waals surface area contributed by atoms with E-state index in [-0.39, 0.29) is 6.04 Å². The van der Waals surface area contributed by atoms with E-state index in [9.17, 15) is 0 Å². The minimum absolute atomic E-state index is 0.0240. The second-order valence-corrected chi connectivity index (χ2v) is 5.99. The number of hydrogen-bond donors (Lipinski definition) is 1. The predicted molar refractivity (Wildman–Crippen MR) is 66.0 cm³/mol. The van der Waals surface area contributed by atoms with Gasteiger partial charge in [-0.25, -0.2) is 4.98 Å². The maximum atomic E-state index is 5.85. The number of aromatic nitrogens is 2. The third-order valence-corrected chi connectivity index (χ3v) is 3.77. The second kappa shape index (κ2) is 4.47. The Bertz CT molecular complexity index is 447. The lowest BCUT2D eigenvalue weighted by Crippen LogP contribution is -2.11. The Morgan fingerprint density at radius 3 is 3.00 bits per heavy atom. The van der Waals surface area contributed by atoms with Gasteiger partial charge < -0.3 is 10.3 Å². The molecule has 0 amide bonds. The molecule has 15 heavy (non-hydrogen) atoms. The fraction of sp³-hybridized carbons (Fsp3) is 0.300. The molecule has 2 N–H and O–H groups in total. The van der Waals surface area contributed by atoms with Crippen LogP contribution in [0.3, 0.4) is 0 Å². The number of nitrogens with two attached hydrogens (primary N) is 1. The normalized spacial score (nSPS) is 13.0. The highest BCUT2D eigenvalue weighted by Crippen LogP contribution is 2.23. The molecule has 0 saturated heterocycles. The lowest BCUT2D eigenvalue weighted by molar-refractivity contribution is 0.679. The van der Waals surface area contributed by atoms with Gasteiger partial charge in [-0.3, -0.25) is 0 Å². The van der Waals surface area contributed by atoms with Crippen LogP contribution in [0.4, 0.5) is 0 Å². The molecule has 3 nitrogen and oxygen atoms in total. The lowest BCUT2D eigenvalue weighted by atomic mass is 10.2. The van der Waals surface area contributed by atoms with Crippen molar-refractivity contribution in [3.05, 3.63) is 39.0 Å². The molecule has 5 heteroatoms. The molecule has 2 aromatic rings. The van der Waals surface area contributed by atoms with Crippen molar-refractivity contribution in [1.82, 2.24) is 9.55 Å². The molecule has 0 aromatic carbocycles. The van der Waals surface area contributed by atoms with Crippen LogP contribution in [0.5, 0.6) is 0 Å². The molecule has 2 heterocycles. The quantitative estimate of drug-likeness (QED) is 0.943. The van der Waals surface area contributed by atoms with Gasteiger partial charge in [0.1, 0.15) is 0 Å². The van der Waals surface area contributed by atoms with E-state index < -0.39 is 0 Å². The smallest absolute Gasteiger partial charge is 0.0952 e. The molecule has 80 valence electrons. The summed E-state index contributed by atoms with van der Waals surface area (Å²) in [6.45, 7) is 2.81. The molecular weight excluding hydrogens is 274 g/mol. The van der Waals surface area contributed by atoms with Gasteiger partial charge in [0.25, 0.3) is 0 Å². The Hall–Kier alpha value is -0.650. The van der Waals surface area contributed by atoms with Gasteiger partial charge in [0.05, 0.1) is 22.4 Å². The molecule has 0 aliphatic carbocycles. The average Bonchev–Trinajstić information content (AvgIpc) is 2.75. The van der Waals surface area contributed by atoms with Crippen molar-refractivity contribution in [3.8, 4) is 0 Å². The molecule has 0 aliphatic heterocycles. The van der Waals surface area contributed by atoms with Crippen molar-refractivity contribution in [1.29, 1.82) is 0 Å². The summed E-state index contributed by atoms with van der Waals surface area (Å²) in [6.07, 6.45) is 3.65. The van der Waals surface area contributed by atoms with Crippen molar-refractivity contribution in [2.75, 3.05) is 0 Å². The van der Waals surface area contributed by atoms with Gasteiger partial charge in [0.15, 0.2) is 0 Å². The number of rotatable bonds is 3. The number of imidazole rings is 1. The Kier molecular flexibility index (Phi) is 3.23. The Labute approximate surface area is 101 Å². The van der Waals surface area contributed by atoms with Gasteiger partial charge in [-0.1, -0.05) is 0 Å². The summed E-state index contributed by atoms with van der Waals surface area (Å²) in [7, 11) is 0. The van der Waals surface area contributed by atoms with Crippen molar-refractivity contribution < 1.29 is 0 Å². The van der Waals surface area contributed by atoms with Gasteiger partial charge in [-0.2, -0.15) is 0 Å². The van der Waals surface area contributed by atoms with E-state index in [1.165, 1.54) is 4.88 Å². The first-order chi connectivity index (χ1) is 7.16. The maximum Gasteiger partial charge on any atom is 0.0952 e. The molecule has 0 bridgehead atoms. The van der Waals surface area contributed by atoms with Crippen molar-refractivity contribution >= 4 is 27.3 Å². The van der Waals surface area contributed by atoms with Gasteiger partial charge >= 0.3 is 0 Å². The molecule has 0 spiro atoms. The minimum Gasteiger partial charge on any atom is -0.328 e. The Morgan fingerprint density at radius 1 is 1.60 bits per heavy atom. The second-order valence-electron chi connectivity index (χ2n) is 3.44. The largest absolute Gasteiger partial charge is 0.328 e. The van der Waals surface area contributed by atoms with E-state index in [1.807, 2.05) is 19.4 Å². The van der Waals surface area contributed by atoms with E-state index in [0.717, 1.165) is 16.0 Å². The zero-order chi connectivity index (χ0) is 10.8. The van der Waals surface area contributed by atoms with Crippen molar-refractivity contribution in [2.24, 2.45) is 5.73 Å². The van der Waals surface area contributed by atoms with Crippen LogP contribution in [-0.4, -0.2) is 9.55 Å². The van der Waals surface area contributed by atoms with Crippen molar-refractivity contribution in [2.45, 2.75) is 19.5 Å². The zero-order valence-electron chi connectivity index (χ0n) is 8.35. The third kappa shape index (κ3) is 2.48.